The van der Waals surface area contributed by atoms with Gasteiger partial charge in [-0.1, -0.05) is 49.0 Å². The van der Waals surface area contributed by atoms with Crippen LogP contribution >= 0.6 is 15.9 Å². The Labute approximate surface area is 78.9 Å². The Morgan fingerprint density at radius 2 is 2.00 bits per heavy atom. The van der Waals surface area contributed by atoms with Gasteiger partial charge in [0.1, 0.15) is 0 Å². The van der Waals surface area contributed by atoms with E-state index < -0.39 is 0 Å². The van der Waals surface area contributed by atoms with Crippen LogP contribution in [0.3, 0.4) is 0 Å². The molecule has 1 heteroatoms. The molecule has 0 heterocycles. The molecule has 0 aromatic carbocycles. The Hall–Kier alpha value is 0.480. The molecule has 1 fully saturated rings. The Balaban J connectivity index is 2.40. The molecule has 0 radical (unpaired) electrons. The minimum absolute atomic E-state index is 0.811. The predicted octanol–water partition coefficient (Wildman–Crippen LogP) is 3.99. The van der Waals surface area contributed by atoms with E-state index in [1.165, 1.54) is 32.1 Å². The normalized spacial score (nSPS) is 35.2. The topological polar surface area (TPSA) is 0 Å². The third-order valence-electron chi connectivity index (χ3n) is 3.11. The standard InChI is InChI=1S/C10H19Br/c1-3-8(2)9-6-4-5-7-10(9)11/h8-10H,3-7H2,1-2H3. The van der Waals surface area contributed by atoms with Gasteiger partial charge in [0.15, 0.2) is 0 Å². The first-order valence-corrected chi connectivity index (χ1v) is 5.81. The lowest BCUT2D eigenvalue weighted by Gasteiger charge is -2.31. The van der Waals surface area contributed by atoms with Crippen molar-refractivity contribution in [3.8, 4) is 0 Å². The minimum atomic E-state index is 0.811. The summed E-state index contributed by atoms with van der Waals surface area (Å²) in [5.74, 6) is 1.87. The molecule has 0 bridgehead atoms. The van der Waals surface area contributed by atoms with Crippen molar-refractivity contribution in [2.75, 3.05) is 0 Å². The first kappa shape index (κ1) is 9.57. The van der Waals surface area contributed by atoms with E-state index in [4.69, 9.17) is 0 Å². The summed E-state index contributed by atoms with van der Waals surface area (Å²) < 4.78 is 0. The van der Waals surface area contributed by atoms with Gasteiger partial charge >= 0.3 is 0 Å². The molecule has 1 rings (SSSR count). The van der Waals surface area contributed by atoms with Gasteiger partial charge < -0.3 is 0 Å². The lowest BCUT2D eigenvalue weighted by atomic mass is 9.80. The predicted molar refractivity (Wildman–Crippen MR) is 54.1 cm³/mol. The molecule has 0 saturated heterocycles. The molecule has 0 spiro atoms. The summed E-state index contributed by atoms with van der Waals surface area (Å²) in [6.45, 7) is 4.70. The van der Waals surface area contributed by atoms with Crippen molar-refractivity contribution in [1.29, 1.82) is 0 Å². The Kier molecular flexibility index (Phi) is 3.91. The van der Waals surface area contributed by atoms with E-state index >= 15 is 0 Å². The Morgan fingerprint density at radius 3 is 2.55 bits per heavy atom. The highest BCUT2D eigenvalue weighted by Gasteiger charge is 2.26. The fraction of sp³-hybridized carbons (Fsp3) is 1.00. The fourth-order valence-electron chi connectivity index (χ4n) is 2.06. The van der Waals surface area contributed by atoms with Crippen LogP contribution in [0.25, 0.3) is 0 Å². The molecule has 0 nitrogen and oxygen atoms in total. The van der Waals surface area contributed by atoms with Gasteiger partial charge in [0.05, 0.1) is 0 Å². The van der Waals surface area contributed by atoms with Crippen LogP contribution in [-0.4, -0.2) is 4.83 Å². The second-order valence-corrected chi connectivity index (χ2v) is 5.03. The van der Waals surface area contributed by atoms with Crippen molar-refractivity contribution in [3.05, 3.63) is 0 Å². The third-order valence-corrected chi connectivity index (χ3v) is 4.24. The van der Waals surface area contributed by atoms with E-state index in [2.05, 4.69) is 29.8 Å². The molecular weight excluding hydrogens is 200 g/mol. The minimum Gasteiger partial charge on any atom is -0.0888 e. The maximum Gasteiger partial charge on any atom is 0.0176 e. The molecule has 0 aromatic rings. The summed E-state index contributed by atoms with van der Waals surface area (Å²) >= 11 is 3.80. The molecule has 3 unspecified atom stereocenters. The van der Waals surface area contributed by atoms with Gasteiger partial charge in [-0.05, 0) is 24.7 Å². The largest absolute Gasteiger partial charge is 0.0888 e. The van der Waals surface area contributed by atoms with Gasteiger partial charge in [-0.2, -0.15) is 0 Å². The van der Waals surface area contributed by atoms with Gasteiger partial charge in [-0.25, -0.2) is 0 Å². The van der Waals surface area contributed by atoms with Crippen LogP contribution in [0.2, 0.25) is 0 Å². The zero-order valence-corrected chi connectivity index (χ0v) is 9.23. The van der Waals surface area contributed by atoms with E-state index in [1.807, 2.05) is 0 Å². The molecule has 0 aromatic heterocycles. The van der Waals surface area contributed by atoms with Crippen LogP contribution in [0, 0.1) is 11.8 Å². The lowest BCUT2D eigenvalue weighted by Crippen LogP contribution is -2.25. The zero-order chi connectivity index (χ0) is 8.27. The summed E-state index contributed by atoms with van der Waals surface area (Å²) in [7, 11) is 0. The molecule has 3 atom stereocenters. The summed E-state index contributed by atoms with van der Waals surface area (Å²) in [4.78, 5) is 0.811. The smallest absolute Gasteiger partial charge is 0.0176 e. The van der Waals surface area contributed by atoms with Crippen molar-refractivity contribution < 1.29 is 0 Å². The van der Waals surface area contributed by atoms with E-state index in [9.17, 15) is 0 Å². The number of alkyl halides is 1. The number of halogens is 1. The highest BCUT2D eigenvalue weighted by atomic mass is 79.9. The van der Waals surface area contributed by atoms with Crippen molar-refractivity contribution in [1.82, 2.24) is 0 Å². The fourth-order valence-corrected chi connectivity index (χ4v) is 3.17. The molecule has 11 heavy (non-hydrogen) atoms. The highest BCUT2D eigenvalue weighted by Crippen LogP contribution is 2.35. The zero-order valence-electron chi connectivity index (χ0n) is 7.65. The SMILES string of the molecule is CCC(C)C1CCCCC1Br. The molecule has 1 aliphatic carbocycles. The molecule has 1 aliphatic rings. The van der Waals surface area contributed by atoms with Gasteiger partial charge in [0.2, 0.25) is 0 Å². The second-order valence-electron chi connectivity index (χ2n) is 3.85. The molecule has 1 saturated carbocycles. The molecule has 0 N–H and O–H groups in total. The van der Waals surface area contributed by atoms with Crippen LogP contribution < -0.4 is 0 Å². The summed E-state index contributed by atoms with van der Waals surface area (Å²) in [6, 6.07) is 0. The molecular formula is C10H19Br. The van der Waals surface area contributed by atoms with Gasteiger partial charge in [-0.15, -0.1) is 0 Å². The van der Waals surface area contributed by atoms with Gasteiger partial charge in [0, 0.05) is 4.83 Å². The first-order valence-electron chi connectivity index (χ1n) is 4.89. The average molecular weight is 219 g/mol. The van der Waals surface area contributed by atoms with E-state index in [-0.39, 0.29) is 0 Å². The van der Waals surface area contributed by atoms with Crippen LogP contribution in [-0.2, 0) is 0 Å². The highest BCUT2D eigenvalue weighted by molar-refractivity contribution is 9.09. The average Bonchev–Trinajstić information content (AvgIpc) is 2.04. The van der Waals surface area contributed by atoms with Crippen LogP contribution in [0.1, 0.15) is 46.0 Å². The first-order chi connectivity index (χ1) is 5.25. The van der Waals surface area contributed by atoms with E-state index in [1.54, 1.807) is 0 Å². The van der Waals surface area contributed by atoms with E-state index in [0.29, 0.717) is 0 Å². The summed E-state index contributed by atoms with van der Waals surface area (Å²) in [5, 5.41) is 0. The summed E-state index contributed by atoms with van der Waals surface area (Å²) in [5.41, 5.74) is 0. The van der Waals surface area contributed by atoms with Crippen molar-refractivity contribution in [2.24, 2.45) is 11.8 Å². The summed E-state index contributed by atoms with van der Waals surface area (Å²) in [6.07, 6.45) is 7.08. The van der Waals surface area contributed by atoms with Crippen LogP contribution in [0.4, 0.5) is 0 Å². The number of hydrogen-bond donors (Lipinski definition) is 0. The maximum atomic E-state index is 3.80. The lowest BCUT2D eigenvalue weighted by molar-refractivity contribution is 0.271. The molecule has 66 valence electrons. The van der Waals surface area contributed by atoms with Crippen molar-refractivity contribution >= 4 is 15.9 Å². The molecule has 0 aliphatic heterocycles. The van der Waals surface area contributed by atoms with Crippen molar-refractivity contribution in [2.45, 2.75) is 50.8 Å². The number of rotatable bonds is 2. The maximum absolute atomic E-state index is 3.80. The van der Waals surface area contributed by atoms with Gasteiger partial charge in [-0.3, -0.25) is 0 Å². The van der Waals surface area contributed by atoms with Crippen molar-refractivity contribution in [3.63, 3.8) is 0 Å². The third kappa shape index (κ3) is 2.47. The molecule has 0 amide bonds. The van der Waals surface area contributed by atoms with Gasteiger partial charge in [0.25, 0.3) is 0 Å². The van der Waals surface area contributed by atoms with E-state index in [0.717, 1.165) is 16.7 Å². The van der Waals surface area contributed by atoms with Crippen LogP contribution in [0.5, 0.6) is 0 Å². The quantitative estimate of drug-likeness (QED) is 0.616. The Bertz CT molecular complexity index is 107. The van der Waals surface area contributed by atoms with Crippen LogP contribution in [0.15, 0.2) is 0 Å². The number of hydrogen-bond acceptors (Lipinski definition) is 0. The second kappa shape index (κ2) is 4.49. The Morgan fingerprint density at radius 1 is 1.36 bits per heavy atom. The monoisotopic (exact) mass is 218 g/mol.